The first-order chi connectivity index (χ1) is 22.8. The maximum Gasteiger partial charge on any atom is 0.165 e. The molecule has 0 aliphatic rings. The zero-order valence-corrected chi connectivity index (χ0v) is 24.6. The van der Waals surface area contributed by atoms with Gasteiger partial charge in [-0.1, -0.05) is 78.9 Å². The van der Waals surface area contributed by atoms with Crippen molar-refractivity contribution >= 4 is 82.0 Å². The van der Waals surface area contributed by atoms with Gasteiger partial charge in [0.2, 0.25) is 0 Å². The summed E-state index contributed by atoms with van der Waals surface area (Å²) in [6.07, 6.45) is 0. The molecular formula is C42H24N4. The van der Waals surface area contributed by atoms with Gasteiger partial charge in [0.05, 0.1) is 33.1 Å². The number of benzene rings is 7. The highest BCUT2D eigenvalue weighted by Gasteiger charge is 2.21. The number of hydrogen-bond acceptors (Lipinski definition) is 2. The monoisotopic (exact) mass is 584 g/mol. The molecule has 0 N–H and O–H groups in total. The smallest absolute Gasteiger partial charge is 0.165 e. The van der Waals surface area contributed by atoms with Crippen molar-refractivity contribution in [3.8, 4) is 16.8 Å². The van der Waals surface area contributed by atoms with Gasteiger partial charge in [-0.15, -0.1) is 0 Å². The largest absolute Gasteiger partial charge is 0.309 e. The molecule has 7 aromatic carbocycles. The number of nitrogens with zero attached hydrogens (tertiary/aromatic N) is 4. The summed E-state index contributed by atoms with van der Waals surface area (Å²) in [7, 11) is 0. The van der Waals surface area contributed by atoms with Crippen molar-refractivity contribution in [1.82, 2.24) is 18.9 Å². The Morgan fingerprint density at radius 3 is 1.96 bits per heavy atom. The average molecular weight is 585 g/mol. The Kier molecular flexibility index (Phi) is 4.55. The molecule has 0 spiro atoms. The van der Waals surface area contributed by atoms with Crippen LogP contribution in [0.1, 0.15) is 0 Å². The van der Waals surface area contributed by atoms with Crippen molar-refractivity contribution in [3.05, 3.63) is 146 Å². The minimum absolute atomic E-state index is 0.910. The van der Waals surface area contributed by atoms with Gasteiger partial charge in [-0.05, 0) is 88.6 Å². The summed E-state index contributed by atoms with van der Waals surface area (Å²) in [5, 5.41) is 8.58. The van der Waals surface area contributed by atoms with Crippen LogP contribution in [0.3, 0.4) is 0 Å². The lowest BCUT2D eigenvalue weighted by molar-refractivity contribution is 1.18. The van der Waals surface area contributed by atoms with Gasteiger partial charge in [0.1, 0.15) is 5.52 Å². The molecule has 0 amide bonds. The zero-order chi connectivity index (χ0) is 29.9. The van der Waals surface area contributed by atoms with E-state index in [0.29, 0.717) is 0 Å². The lowest BCUT2D eigenvalue weighted by Crippen LogP contribution is -1.92. The van der Waals surface area contributed by atoms with Gasteiger partial charge in [-0.3, -0.25) is 4.40 Å². The molecule has 0 radical (unpaired) electrons. The molecule has 4 heteroatoms. The minimum Gasteiger partial charge on any atom is -0.309 e. The van der Waals surface area contributed by atoms with Crippen LogP contribution >= 0.6 is 0 Å². The summed E-state index contributed by atoms with van der Waals surface area (Å²) in [6.45, 7) is 0. The Labute approximate surface area is 262 Å². The average Bonchev–Trinajstić information content (AvgIpc) is 3.74. The summed E-state index contributed by atoms with van der Waals surface area (Å²) in [5.74, 6) is 0. The van der Waals surface area contributed by atoms with E-state index in [2.05, 4.69) is 130 Å². The Bertz CT molecular complexity index is 3020. The minimum atomic E-state index is 0.910. The van der Waals surface area contributed by atoms with Crippen LogP contribution in [0.5, 0.6) is 0 Å². The predicted octanol–water partition coefficient (Wildman–Crippen LogP) is 10.7. The first-order valence-corrected chi connectivity index (χ1v) is 15.7. The number of para-hydroxylation sites is 5. The van der Waals surface area contributed by atoms with Gasteiger partial charge in [0.25, 0.3) is 0 Å². The number of rotatable bonds is 2. The van der Waals surface area contributed by atoms with Crippen molar-refractivity contribution in [2.24, 2.45) is 0 Å². The lowest BCUT2D eigenvalue weighted by atomic mass is 9.97. The summed E-state index contributed by atoms with van der Waals surface area (Å²) in [4.78, 5) is 10.3. The summed E-state index contributed by atoms with van der Waals surface area (Å²) in [5.41, 5.74) is 12.0. The molecule has 4 heterocycles. The van der Waals surface area contributed by atoms with Crippen LogP contribution < -0.4 is 0 Å². The van der Waals surface area contributed by atoms with E-state index in [-0.39, 0.29) is 0 Å². The lowest BCUT2D eigenvalue weighted by Gasteiger charge is -2.09. The summed E-state index contributed by atoms with van der Waals surface area (Å²) in [6, 6.07) is 52.4. The van der Waals surface area contributed by atoms with Crippen molar-refractivity contribution in [2.45, 2.75) is 0 Å². The topological polar surface area (TPSA) is 35.1 Å². The van der Waals surface area contributed by atoms with Crippen LogP contribution in [-0.4, -0.2) is 18.9 Å². The van der Waals surface area contributed by atoms with E-state index >= 15 is 0 Å². The maximum atomic E-state index is 5.16. The Morgan fingerprint density at radius 1 is 0.413 bits per heavy atom. The highest BCUT2D eigenvalue weighted by molar-refractivity contribution is 6.23. The second kappa shape index (κ2) is 8.68. The van der Waals surface area contributed by atoms with Crippen LogP contribution in [0.15, 0.2) is 146 Å². The van der Waals surface area contributed by atoms with Gasteiger partial charge in [0, 0.05) is 32.6 Å². The molecule has 11 aromatic rings. The fraction of sp³-hybridized carbons (Fsp3) is 0. The quantitative estimate of drug-likeness (QED) is 0.203. The van der Waals surface area contributed by atoms with Gasteiger partial charge >= 0.3 is 0 Å². The molecular weight excluding hydrogens is 560 g/mol. The van der Waals surface area contributed by atoms with Gasteiger partial charge < -0.3 is 4.57 Å². The molecule has 0 unspecified atom stereocenters. The molecule has 0 aliphatic heterocycles. The second-order valence-electron chi connectivity index (χ2n) is 12.3. The maximum absolute atomic E-state index is 5.16. The first-order valence-electron chi connectivity index (χ1n) is 15.7. The molecule has 46 heavy (non-hydrogen) atoms. The van der Waals surface area contributed by atoms with Crippen LogP contribution in [0, 0.1) is 0 Å². The molecule has 0 atom stereocenters. The first kappa shape index (κ1) is 24.1. The van der Waals surface area contributed by atoms with E-state index in [4.69, 9.17) is 9.97 Å². The third kappa shape index (κ3) is 3.12. The van der Waals surface area contributed by atoms with E-state index in [9.17, 15) is 0 Å². The van der Waals surface area contributed by atoms with E-state index in [1.807, 2.05) is 24.3 Å². The van der Waals surface area contributed by atoms with E-state index in [0.717, 1.165) is 33.1 Å². The van der Waals surface area contributed by atoms with Crippen molar-refractivity contribution < 1.29 is 0 Å². The molecule has 0 saturated carbocycles. The van der Waals surface area contributed by atoms with Gasteiger partial charge in [-0.2, -0.15) is 0 Å². The molecule has 0 bridgehead atoms. The zero-order valence-electron chi connectivity index (χ0n) is 24.6. The van der Waals surface area contributed by atoms with Crippen molar-refractivity contribution in [3.63, 3.8) is 0 Å². The Hall–Kier alpha value is -6.26. The third-order valence-electron chi connectivity index (χ3n) is 9.77. The highest BCUT2D eigenvalue weighted by atomic mass is 15.0. The molecule has 4 aromatic heterocycles. The van der Waals surface area contributed by atoms with E-state index < -0.39 is 0 Å². The number of aromatic nitrogens is 4. The fourth-order valence-corrected chi connectivity index (χ4v) is 7.74. The van der Waals surface area contributed by atoms with Crippen LogP contribution in [0.2, 0.25) is 0 Å². The Balaban J connectivity index is 1.19. The highest BCUT2D eigenvalue weighted by Crippen LogP contribution is 2.42. The number of fused-ring (bicyclic) bond motifs is 11. The van der Waals surface area contributed by atoms with Gasteiger partial charge in [-0.25, -0.2) is 9.97 Å². The Morgan fingerprint density at radius 2 is 1.11 bits per heavy atom. The van der Waals surface area contributed by atoms with Crippen molar-refractivity contribution in [1.29, 1.82) is 0 Å². The second-order valence-corrected chi connectivity index (χ2v) is 12.3. The molecule has 0 fully saturated rings. The van der Waals surface area contributed by atoms with Crippen molar-refractivity contribution in [2.75, 3.05) is 0 Å². The van der Waals surface area contributed by atoms with Crippen LogP contribution in [0.25, 0.3) is 98.8 Å². The van der Waals surface area contributed by atoms with Gasteiger partial charge in [0.15, 0.2) is 5.65 Å². The molecule has 11 rings (SSSR count). The van der Waals surface area contributed by atoms with E-state index in [1.54, 1.807) is 0 Å². The molecule has 0 aliphatic carbocycles. The summed E-state index contributed by atoms with van der Waals surface area (Å²) < 4.78 is 4.68. The van der Waals surface area contributed by atoms with E-state index in [1.165, 1.54) is 65.7 Å². The normalized spacial score (nSPS) is 12.3. The third-order valence-corrected chi connectivity index (χ3v) is 9.77. The predicted molar refractivity (Wildman–Crippen MR) is 191 cm³/mol. The molecule has 4 nitrogen and oxygen atoms in total. The molecule has 212 valence electrons. The standard InChI is InChI=1S/C42H24N4/c1-2-10-29(11-3-1)45-37-16-8-4-12-30(37)32-21-27-20-25(18-19-26(27)24-39(32)45)28-22-33-31-13-5-9-17-38(31)46-41(33)34(23-28)40-42(46)44-36-15-7-6-14-35(36)43-40/h1-24H. The fourth-order valence-electron chi connectivity index (χ4n) is 7.74. The molecule has 0 saturated heterocycles. The summed E-state index contributed by atoms with van der Waals surface area (Å²) >= 11 is 0. The van der Waals surface area contributed by atoms with Crippen LogP contribution in [0.4, 0.5) is 0 Å². The SMILES string of the molecule is c1ccc(-n2c3ccccc3c3cc4cc(-c5cc6c7ccccc7n7c8nc9ccccc9nc8c(c5)c67)ccc4cc32)cc1. The number of hydrogen-bond donors (Lipinski definition) is 0. The van der Waals surface area contributed by atoms with Crippen LogP contribution in [-0.2, 0) is 0 Å².